The van der Waals surface area contributed by atoms with Gasteiger partial charge in [-0.25, -0.2) is 4.79 Å². The zero-order valence-electron chi connectivity index (χ0n) is 10.1. The molecule has 5 nitrogen and oxygen atoms in total. The van der Waals surface area contributed by atoms with Gasteiger partial charge in [0.15, 0.2) is 0 Å². The van der Waals surface area contributed by atoms with Crippen molar-refractivity contribution in [2.75, 3.05) is 13.7 Å². The van der Waals surface area contributed by atoms with E-state index in [2.05, 4.69) is 21.9 Å². The van der Waals surface area contributed by atoms with Gasteiger partial charge in [0.25, 0.3) is 0 Å². The van der Waals surface area contributed by atoms with Crippen LogP contribution in [0.15, 0.2) is 12.7 Å². The van der Waals surface area contributed by atoms with Gasteiger partial charge >= 0.3 is 6.09 Å². The summed E-state index contributed by atoms with van der Waals surface area (Å²) in [6.07, 6.45) is 1.82. The Hall–Kier alpha value is -1.52. The monoisotopic (exact) mass is 228 g/mol. The molecular weight excluding hydrogens is 208 g/mol. The molecule has 92 valence electrons. The molecule has 0 bridgehead atoms. The molecule has 0 aliphatic rings. The Morgan fingerprint density at radius 3 is 2.50 bits per heavy atom. The predicted molar refractivity (Wildman–Crippen MR) is 62.0 cm³/mol. The predicted octanol–water partition coefficient (Wildman–Crippen LogP) is 1.06. The van der Waals surface area contributed by atoms with Crippen LogP contribution in [0.4, 0.5) is 4.79 Å². The van der Waals surface area contributed by atoms with Crippen molar-refractivity contribution in [3.8, 4) is 0 Å². The first-order valence-electron chi connectivity index (χ1n) is 5.26. The lowest BCUT2D eigenvalue weighted by Crippen LogP contribution is -2.49. The maximum absolute atomic E-state index is 11.7. The highest BCUT2D eigenvalue weighted by Crippen LogP contribution is 2.02. The van der Waals surface area contributed by atoms with Gasteiger partial charge in [-0.05, 0) is 12.3 Å². The van der Waals surface area contributed by atoms with Gasteiger partial charge in [0, 0.05) is 6.54 Å². The van der Waals surface area contributed by atoms with Crippen LogP contribution in [0.25, 0.3) is 0 Å². The topological polar surface area (TPSA) is 67.4 Å². The van der Waals surface area contributed by atoms with Gasteiger partial charge in [-0.15, -0.1) is 6.58 Å². The molecule has 0 saturated heterocycles. The van der Waals surface area contributed by atoms with Crippen molar-refractivity contribution in [2.24, 2.45) is 5.92 Å². The van der Waals surface area contributed by atoms with Gasteiger partial charge in [-0.2, -0.15) is 0 Å². The third-order valence-corrected chi connectivity index (χ3v) is 2.06. The summed E-state index contributed by atoms with van der Waals surface area (Å²) in [5.74, 6) is -0.204. The number of hydrogen-bond donors (Lipinski definition) is 2. The minimum absolute atomic E-state index is 0.00262. The number of nitrogens with one attached hydrogen (secondary N) is 2. The smallest absolute Gasteiger partial charge is 0.407 e. The van der Waals surface area contributed by atoms with E-state index in [0.717, 1.165) is 0 Å². The van der Waals surface area contributed by atoms with Crippen LogP contribution in [0.2, 0.25) is 0 Å². The van der Waals surface area contributed by atoms with Crippen LogP contribution >= 0.6 is 0 Å². The number of carbonyl (C=O) groups is 2. The van der Waals surface area contributed by atoms with Crippen molar-refractivity contribution in [1.82, 2.24) is 10.6 Å². The van der Waals surface area contributed by atoms with E-state index in [1.807, 2.05) is 13.8 Å². The molecule has 0 aromatic heterocycles. The van der Waals surface area contributed by atoms with E-state index >= 15 is 0 Å². The Balaban J connectivity index is 4.24. The maximum Gasteiger partial charge on any atom is 0.407 e. The van der Waals surface area contributed by atoms with Crippen LogP contribution in [0.3, 0.4) is 0 Å². The first-order valence-corrected chi connectivity index (χ1v) is 5.26. The molecule has 0 fully saturated rings. The molecule has 0 aliphatic carbocycles. The van der Waals surface area contributed by atoms with Crippen molar-refractivity contribution >= 4 is 12.0 Å². The highest BCUT2D eigenvalue weighted by atomic mass is 16.5. The summed E-state index contributed by atoms with van der Waals surface area (Å²) < 4.78 is 4.46. The molecule has 0 spiro atoms. The second-order valence-corrected chi connectivity index (χ2v) is 3.73. The SMILES string of the molecule is C=CCCNC(=O)C(NC(=O)OC)C(C)C. The highest BCUT2D eigenvalue weighted by molar-refractivity contribution is 5.85. The normalized spacial score (nSPS) is 11.8. The average molecular weight is 228 g/mol. The number of methoxy groups -OCH3 is 1. The highest BCUT2D eigenvalue weighted by Gasteiger charge is 2.23. The largest absolute Gasteiger partial charge is 0.453 e. The van der Waals surface area contributed by atoms with Gasteiger partial charge < -0.3 is 15.4 Å². The van der Waals surface area contributed by atoms with E-state index < -0.39 is 12.1 Å². The van der Waals surface area contributed by atoms with Crippen molar-refractivity contribution in [3.05, 3.63) is 12.7 Å². The number of carbonyl (C=O) groups excluding carboxylic acids is 2. The molecule has 2 amide bonds. The quantitative estimate of drug-likeness (QED) is 0.527. The molecule has 0 aliphatic heterocycles. The molecule has 0 rings (SSSR count). The lowest BCUT2D eigenvalue weighted by Gasteiger charge is -2.20. The molecule has 1 atom stereocenters. The molecule has 5 heteroatoms. The maximum atomic E-state index is 11.7. The van der Waals surface area contributed by atoms with Crippen molar-refractivity contribution in [2.45, 2.75) is 26.3 Å². The second kappa shape index (κ2) is 7.73. The van der Waals surface area contributed by atoms with E-state index in [1.165, 1.54) is 7.11 Å². The summed E-state index contributed by atoms with van der Waals surface area (Å²) in [5, 5.41) is 5.21. The number of amides is 2. The van der Waals surface area contributed by atoms with Crippen LogP contribution in [-0.2, 0) is 9.53 Å². The van der Waals surface area contributed by atoms with Crippen molar-refractivity contribution in [1.29, 1.82) is 0 Å². The molecule has 0 aromatic carbocycles. The molecule has 0 aromatic rings. The van der Waals surface area contributed by atoms with E-state index in [0.29, 0.717) is 13.0 Å². The summed E-state index contributed by atoms with van der Waals surface area (Å²) in [5.41, 5.74) is 0. The minimum atomic E-state index is -0.599. The van der Waals surface area contributed by atoms with Crippen LogP contribution in [-0.4, -0.2) is 31.7 Å². The minimum Gasteiger partial charge on any atom is -0.453 e. The third-order valence-electron chi connectivity index (χ3n) is 2.06. The van der Waals surface area contributed by atoms with Gasteiger partial charge in [-0.3, -0.25) is 4.79 Å². The van der Waals surface area contributed by atoms with E-state index in [4.69, 9.17) is 0 Å². The molecule has 16 heavy (non-hydrogen) atoms. The average Bonchev–Trinajstić information content (AvgIpc) is 2.25. The summed E-state index contributed by atoms with van der Waals surface area (Å²) in [6, 6.07) is -0.572. The van der Waals surface area contributed by atoms with Crippen LogP contribution < -0.4 is 10.6 Å². The zero-order chi connectivity index (χ0) is 12.6. The Morgan fingerprint density at radius 2 is 2.06 bits per heavy atom. The summed E-state index contributed by atoms with van der Waals surface area (Å²) in [7, 11) is 1.27. The molecular formula is C11H20N2O3. The van der Waals surface area contributed by atoms with Crippen molar-refractivity contribution < 1.29 is 14.3 Å². The van der Waals surface area contributed by atoms with Crippen molar-refractivity contribution in [3.63, 3.8) is 0 Å². The van der Waals surface area contributed by atoms with E-state index in [-0.39, 0.29) is 11.8 Å². The van der Waals surface area contributed by atoms with Crippen LogP contribution in [0.1, 0.15) is 20.3 Å². The third kappa shape index (κ3) is 5.38. The molecule has 2 N–H and O–H groups in total. The number of hydrogen-bond acceptors (Lipinski definition) is 3. The second-order valence-electron chi connectivity index (χ2n) is 3.73. The molecule has 0 saturated carbocycles. The molecule has 0 radical (unpaired) electrons. The first-order chi connectivity index (χ1) is 7.52. The Bertz CT molecular complexity index is 252. The Kier molecular flexibility index (Phi) is 7.00. The number of alkyl carbamates (subject to hydrolysis) is 1. The fraction of sp³-hybridized carbons (Fsp3) is 0.636. The van der Waals surface area contributed by atoms with E-state index in [9.17, 15) is 9.59 Å². The van der Waals surface area contributed by atoms with Crippen LogP contribution in [0, 0.1) is 5.92 Å². The first kappa shape index (κ1) is 14.5. The number of rotatable bonds is 6. The standard InChI is InChI=1S/C11H20N2O3/c1-5-6-7-12-10(14)9(8(2)3)13-11(15)16-4/h5,8-9H,1,6-7H2,2-4H3,(H,12,14)(H,13,15). The van der Waals surface area contributed by atoms with Gasteiger partial charge in [0.2, 0.25) is 5.91 Å². The van der Waals surface area contributed by atoms with Gasteiger partial charge in [-0.1, -0.05) is 19.9 Å². The fourth-order valence-electron chi connectivity index (χ4n) is 1.13. The summed E-state index contributed by atoms with van der Waals surface area (Å²) >= 11 is 0. The van der Waals surface area contributed by atoms with Gasteiger partial charge in [0.05, 0.1) is 7.11 Å². The van der Waals surface area contributed by atoms with Crippen LogP contribution in [0.5, 0.6) is 0 Å². The Morgan fingerprint density at radius 1 is 1.44 bits per heavy atom. The lowest BCUT2D eigenvalue weighted by molar-refractivity contribution is -0.123. The zero-order valence-corrected chi connectivity index (χ0v) is 10.1. The summed E-state index contributed by atoms with van der Waals surface area (Å²) in [4.78, 5) is 22.7. The van der Waals surface area contributed by atoms with E-state index in [1.54, 1.807) is 6.08 Å². The summed E-state index contributed by atoms with van der Waals surface area (Å²) in [6.45, 7) is 7.79. The lowest BCUT2D eigenvalue weighted by atomic mass is 10.0. The molecule has 0 heterocycles. The number of ether oxygens (including phenoxy) is 1. The Labute approximate surface area is 96.2 Å². The fourth-order valence-corrected chi connectivity index (χ4v) is 1.13. The van der Waals surface area contributed by atoms with Gasteiger partial charge in [0.1, 0.15) is 6.04 Å². The molecule has 1 unspecified atom stereocenters.